The van der Waals surface area contributed by atoms with Crippen LogP contribution in [0.1, 0.15) is 6.42 Å². The summed E-state index contributed by atoms with van der Waals surface area (Å²) in [5.41, 5.74) is 0. The fourth-order valence-electron chi connectivity index (χ4n) is 0.806. The number of rotatable bonds is 0. The van der Waals surface area contributed by atoms with E-state index in [0.717, 1.165) is 0 Å². The molecular formula is C5H3F3N2O3. The van der Waals surface area contributed by atoms with Crippen LogP contribution in [0, 0.1) is 0 Å². The van der Waals surface area contributed by atoms with Crippen molar-refractivity contribution in [3.63, 3.8) is 0 Å². The molecule has 0 aromatic rings. The molecule has 0 radical (unpaired) electrons. The Morgan fingerprint density at radius 3 is 2.15 bits per heavy atom. The summed E-state index contributed by atoms with van der Waals surface area (Å²) < 4.78 is 35.7. The number of alkyl halides is 3. The zero-order chi connectivity index (χ0) is 10.2. The monoisotopic (exact) mass is 196 g/mol. The number of carbonyl (C=O) groups excluding carboxylic acids is 3. The van der Waals surface area contributed by atoms with Gasteiger partial charge in [0.2, 0.25) is 11.8 Å². The standard InChI is InChI=1S/C5H3F3N2O3/c6-5(7,8)10-3(12)1-2(11)9-4(10)13/h1H2,(H,9,11,13). The first-order valence-corrected chi connectivity index (χ1v) is 3.06. The summed E-state index contributed by atoms with van der Waals surface area (Å²) in [6.07, 6.45) is -6.05. The van der Waals surface area contributed by atoms with Gasteiger partial charge in [-0.1, -0.05) is 0 Å². The zero-order valence-electron chi connectivity index (χ0n) is 6.01. The smallest absolute Gasteiger partial charge is 0.277 e. The topological polar surface area (TPSA) is 66.5 Å². The molecule has 0 unspecified atom stereocenters. The van der Waals surface area contributed by atoms with Crippen molar-refractivity contribution in [2.45, 2.75) is 12.7 Å². The maximum atomic E-state index is 11.9. The van der Waals surface area contributed by atoms with Gasteiger partial charge in [-0.25, -0.2) is 4.79 Å². The molecule has 1 aliphatic heterocycles. The van der Waals surface area contributed by atoms with Crippen LogP contribution in [0.5, 0.6) is 0 Å². The van der Waals surface area contributed by atoms with Gasteiger partial charge in [0.25, 0.3) is 0 Å². The van der Waals surface area contributed by atoms with Crippen LogP contribution in [0.4, 0.5) is 18.0 Å². The van der Waals surface area contributed by atoms with Crippen molar-refractivity contribution in [2.75, 3.05) is 0 Å². The summed E-state index contributed by atoms with van der Waals surface area (Å²) in [5.74, 6) is -2.60. The third kappa shape index (κ3) is 1.76. The Balaban J connectivity index is 2.92. The van der Waals surface area contributed by atoms with Gasteiger partial charge in [0, 0.05) is 0 Å². The molecule has 4 amide bonds. The number of barbiturate groups is 1. The number of urea groups is 1. The minimum absolute atomic E-state index is 0.936. The second-order valence-electron chi connectivity index (χ2n) is 2.23. The highest BCUT2D eigenvalue weighted by Gasteiger charge is 2.48. The van der Waals surface area contributed by atoms with E-state index in [4.69, 9.17) is 0 Å². The number of halogens is 3. The Bertz CT molecular complexity index is 265. The fourth-order valence-corrected chi connectivity index (χ4v) is 0.806. The molecule has 0 saturated carbocycles. The predicted octanol–water partition coefficient (Wildman–Crippen LogP) is -0.0253. The minimum atomic E-state index is -5.08. The number of hydrogen-bond acceptors (Lipinski definition) is 3. The Morgan fingerprint density at radius 2 is 1.77 bits per heavy atom. The quantitative estimate of drug-likeness (QED) is 0.437. The second kappa shape index (κ2) is 2.71. The van der Waals surface area contributed by atoms with Crippen LogP contribution in [-0.2, 0) is 9.59 Å². The lowest BCUT2D eigenvalue weighted by atomic mass is 10.3. The third-order valence-corrected chi connectivity index (χ3v) is 1.26. The van der Waals surface area contributed by atoms with Crippen LogP contribution >= 0.6 is 0 Å². The molecule has 13 heavy (non-hydrogen) atoms. The molecule has 0 atom stereocenters. The molecule has 72 valence electrons. The van der Waals surface area contributed by atoms with Gasteiger partial charge in [0.05, 0.1) is 0 Å². The Labute approximate surface area is 69.5 Å². The molecule has 0 aromatic carbocycles. The molecule has 8 heteroatoms. The van der Waals surface area contributed by atoms with Crippen molar-refractivity contribution in [1.82, 2.24) is 10.2 Å². The third-order valence-electron chi connectivity index (χ3n) is 1.26. The zero-order valence-corrected chi connectivity index (χ0v) is 6.01. The average Bonchev–Trinajstić information content (AvgIpc) is 1.78. The number of carbonyl (C=O) groups is 3. The van der Waals surface area contributed by atoms with E-state index < -0.39 is 35.5 Å². The summed E-state index contributed by atoms with van der Waals surface area (Å²) in [4.78, 5) is 30.6. The lowest BCUT2D eigenvalue weighted by Crippen LogP contribution is -2.58. The Kier molecular flexibility index (Phi) is 1.98. The first-order valence-electron chi connectivity index (χ1n) is 3.06. The van der Waals surface area contributed by atoms with E-state index in [2.05, 4.69) is 0 Å². The summed E-state index contributed by atoms with van der Waals surface area (Å²) in [6.45, 7) is 0. The van der Waals surface area contributed by atoms with Crippen molar-refractivity contribution < 1.29 is 27.6 Å². The van der Waals surface area contributed by atoms with E-state index in [9.17, 15) is 27.6 Å². The molecular weight excluding hydrogens is 193 g/mol. The largest absolute Gasteiger partial charge is 0.495 e. The predicted molar refractivity (Wildman–Crippen MR) is 31.1 cm³/mol. The summed E-state index contributed by atoms with van der Waals surface area (Å²) in [6, 6.07) is -1.76. The molecule has 1 heterocycles. The SMILES string of the molecule is O=C1CC(=O)N(C(F)(F)F)C(=O)N1. The molecule has 0 bridgehead atoms. The van der Waals surface area contributed by atoms with Crippen LogP contribution in [0.2, 0.25) is 0 Å². The first-order chi connectivity index (χ1) is 5.82. The summed E-state index contributed by atoms with van der Waals surface area (Å²) >= 11 is 0. The van der Waals surface area contributed by atoms with Gasteiger partial charge >= 0.3 is 12.3 Å². The van der Waals surface area contributed by atoms with Gasteiger partial charge in [-0.15, -0.1) is 13.2 Å². The fraction of sp³-hybridized carbons (Fsp3) is 0.400. The molecule has 1 saturated heterocycles. The van der Waals surface area contributed by atoms with E-state index in [1.54, 1.807) is 0 Å². The maximum absolute atomic E-state index is 11.9. The normalized spacial score (nSPS) is 19.0. The van der Waals surface area contributed by atoms with Crippen molar-refractivity contribution in [1.29, 1.82) is 0 Å². The number of amides is 4. The molecule has 1 aliphatic rings. The van der Waals surface area contributed by atoms with Crippen molar-refractivity contribution in [3.8, 4) is 0 Å². The van der Waals surface area contributed by atoms with E-state index >= 15 is 0 Å². The summed E-state index contributed by atoms with van der Waals surface area (Å²) in [5, 5.41) is 1.37. The number of hydrogen-bond donors (Lipinski definition) is 1. The van der Waals surface area contributed by atoms with Crippen molar-refractivity contribution in [3.05, 3.63) is 0 Å². The summed E-state index contributed by atoms with van der Waals surface area (Å²) in [7, 11) is 0. The van der Waals surface area contributed by atoms with Crippen molar-refractivity contribution in [2.24, 2.45) is 0 Å². The van der Waals surface area contributed by atoms with Crippen LogP contribution in [0.15, 0.2) is 0 Å². The molecule has 0 spiro atoms. The average molecular weight is 196 g/mol. The molecule has 1 rings (SSSR count). The number of imide groups is 2. The highest BCUT2D eigenvalue weighted by Crippen LogP contribution is 2.23. The van der Waals surface area contributed by atoms with Gasteiger partial charge in [0.15, 0.2) is 0 Å². The molecule has 1 fully saturated rings. The van der Waals surface area contributed by atoms with Crippen LogP contribution in [-0.4, -0.2) is 29.0 Å². The van der Waals surface area contributed by atoms with Crippen LogP contribution < -0.4 is 5.32 Å². The lowest BCUT2D eigenvalue weighted by Gasteiger charge is -2.25. The molecule has 1 N–H and O–H groups in total. The van der Waals surface area contributed by atoms with Crippen molar-refractivity contribution >= 4 is 17.8 Å². The number of nitrogens with zero attached hydrogens (tertiary/aromatic N) is 1. The van der Waals surface area contributed by atoms with Crippen LogP contribution in [0.3, 0.4) is 0 Å². The molecule has 0 aliphatic carbocycles. The molecule has 5 nitrogen and oxygen atoms in total. The second-order valence-corrected chi connectivity index (χ2v) is 2.23. The first kappa shape index (κ1) is 9.49. The highest BCUT2D eigenvalue weighted by atomic mass is 19.4. The van der Waals surface area contributed by atoms with Gasteiger partial charge < -0.3 is 0 Å². The lowest BCUT2D eigenvalue weighted by molar-refractivity contribution is -0.223. The maximum Gasteiger partial charge on any atom is 0.495 e. The Hall–Kier alpha value is -1.60. The molecule has 0 aromatic heterocycles. The van der Waals surface area contributed by atoms with E-state index in [1.807, 2.05) is 0 Å². The van der Waals surface area contributed by atoms with E-state index in [-0.39, 0.29) is 0 Å². The highest BCUT2D eigenvalue weighted by molar-refractivity contribution is 6.14. The minimum Gasteiger partial charge on any atom is -0.277 e. The van der Waals surface area contributed by atoms with Crippen LogP contribution in [0.25, 0.3) is 0 Å². The van der Waals surface area contributed by atoms with Gasteiger partial charge in [0.1, 0.15) is 6.42 Å². The number of nitrogens with one attached hydrogen (secondary N) is 1. The van der Waals surface area contributed by atoms with Gasteiger partial charge in [-0.05, 0) is 0 Å². The van der Waals surface area contributed by atoms with E-state index in [0.29, 0.717) is 0 Å². The van der Waals surface area contributed by atoms with E-state index in [1.165, 1.54) is 5.32 Å². The Morgan fingerprint density at radius 1 is 1.23 bits per heavy atom. The van der Waals surface area contributed by atoms with Gasteiger partial charge in [-0.3, -0.25) is 14.9 Å². The van der Waals surface area contributed by atoms with Gasteiger partial charge in [-0.2, -0.15) is 4.90 Å².